The van der Waals surface area contributed by atoms with E-state index in [0.29, 0.717) is 23.8 Å². The number of hydrogen-bond acceptors (Lipinski definition) is 5. The molecule has 1 aliphatic rings. The van der Waals surface area contributed by atoms with Gasteiger partial charge < -0.3 is 15.7 Å². The minimum absolute atomic E-state index is 0.271. The third kappa shape index (κ3) is 1.98. The maximum absolute atomic E-state index is 9.83. The molecule has 2 rings (SSSR count). The molecule has 2 heterocycles. The third-order valence-corrected chi connectivity index (χ3v) is 2.91. The molecule has 5 nitrogen and oxygen atoms in total. The maximum Gasteiger partial charge on any atom is 0.153 e. The number of nitrogen functional groups attached to an aromatic ring is 1. The Bertz CT molecular complexity index is 382. The largest absolute Gasteiger partial charge is 0.388 e. The molecule has 0 radical (unpaired) electrons. The van der Waals surface area contributed by atoms with Crippen molar-refractivity contribution in [2.45, 2.75) is 18.9 Å². The van der Waals surface area contributed by atoms with Crippen LogP contribution < -0.4 is 10.6 Å². The fourth-order valence-corrected chi connectivity index (χ4v) is 1.94. The van der Waals surface area contributed by atoms with Gasteiger partial charge in [-0.05, 0) is 13.3 Å². The van der Waals surface area contributed by atoms with Crippen LogP contribution in [0.3, 0.4) is 0 Å². The molecule has 3 N–H and O–H groups in total. The van der Waals surface area contributed by atoms with E-state index in [9.17, 15) is 5.11 Å². The quantitative estimate of drug-likeness (QED) is 0.739. The van der Waals surface area contributed by atoms with Crippen molar-refractivity contribution in [2.75, 3.05) is 23.7 Å². The molecular formula is C9H13ClN4O. The lowest BCUT2D eigenvalue weighted by Gasteiger charge is -2.20. The molecule has 1 saturated heterocycles. The molecule has 0 spiro atoms. The smallest absolute Gasteiger partial charge is 0.153 e. The first-order chi connectivity index (χ1) is 6.99. The molecule has 15 heavy (non-hydrogen) atoms. The number of nitrogens with zero attached hydrogens (tertiary/aromatic N) is 3. The number of halogens is 1. The van der Waals surface area contributed by atoms with E-state index in [1.165, 1.54) is 6.33 Å². The second kappa shape index (κ2) is 3.50. The van der Waals surface area contributed by atoms with E-state index in [-0.39, 0.29) is 5.82 Å². The van der Waals surface area contributed by atoms with Crippen molar-refractivity contribution in [3.8, 4) is 0 Å². The molecule has 82 valence electrons. The zero-order chi connectivity index (χ0) is 11.1. The van der Waals surface area contributed by atoms with Gasteiger partial charge >= 0.3 is 0 Å². The summed E-state index contributed by atoms with van der Waals surface area (Å²) < 4.78 is 0. The van der Waals surface area contributed by atoms with Crippen LogP contribution in [0.15, 0.2) is 6.33 Å². The van der Waals surface area contributed by atoms with Crippen LogP contribution in [0.1, 0.15) is 13.3 Å². The molecule has 1 unspecified atom stereocenters. The SMILES string of the molecule is CC1(O)CCN(c2ncnc(N)c2Cl)C1. The third-order valence-electron chi connectivity index (χ3n) is 2.55. The molecular weight excluding hydrogens is 216 g/mol. The van der Waals surface area contributed by atoms with Gasteiger partial charge in [0.25, 0.3) is 0 Å². The van der Waals surface area contributed by atoms with E-state index in [2.05, 4.69) is 9.97 Å². The van der Waals surface area contributed by atoms with Crippen molar-refractivity contribution < 1.29 is 5.11 Å². The first-order valence-electron chi connectivity index (χ1n) is 4.73. The van der Waals surface area contributed by atoms with Crippen LogP contribution in [0.5, 0.6) is 0 Å². The number of hydrogen-bond donors (Lipinski definition) is 2. The van der Waals surface area contributed by atoms with Gasteiger partial charge in [0.2, 0.25) is 0 Å². The Hall–Kier alpha value is -1.07. The topological polar surface area (TPSA) is 75.3 Å². The number of β-amino-alcohol motifs (C(OH)–C–C–N with tert-alkyl or cyclic N) is 1. The van der Waals surface area contributed by atoms with Crippen LogP contribution in [-0.4, -0.2) is 33.8 Å². The van der Waals surface area contributed by atoms with Crippen LogP contribution in [-0.2, 0) is 0 Å². The highest BCUT2D eigenvalue weighted by Crippen LogP contribution is 2.31. The molecule has 0 aliphatic carbocycles. The highest BCUT2D eigenvalue weighted by atomic mass is 35.5. The normalized spacial score (nSPS) is 25.9. The van der Waals surface area contributed by atoms with E-state index in [4.69, 9.17) is 17.3 Å². The Morgan fingerprint density at radius 1 is 1.60 bits per heavy atom. The summed E-state index contributed by atoms with van der Waals surface area (Å²) in [6.07, 6.45) is 2.08. The first kappa shape index (κ1) is 10.4. The van der Waals surface area contributed by atoms with Gasteiger partial charge in [-0.25, -0.2) is 9.97 Å². The highest BCUT2D eigenvalue weighted by molar-refractivity contribution is 6.35. The summed E-state index contributed by atoms with van der Waals surface area (Å²) >= 11 is 5.99. The Morgan fingerprint density at radius 2 is 2.33 bits per heavy atom. The van der Waals surface area contributed by atoms with Crippen LogP contribution in [0.25, 0.3) is 0 Å². The molecule has 0 amide bonds. The molecule has 0 bridgehead atoms. The van der Waals surface area contributed by atoms with E-state index < -0.39 is 5.60 Å². The Morgan fingerprint density at radius 3 is 2.93 bits per heavy atom. The second-order valence-electron chi connectivity index (χ2n) is 4.06. The minimum atomic E-state index is -0.678. The van der Waals surface area contributed by atoms with Crippen molar-refractivity contribution in [3.63, 3.8) is 0 Å². The Kier molecular flexibility index (Phi) is 2.44. The Labute approximate surface area is 92.9 Å². The van der Waals surface area contributed by atoms with Crippen LogP contribution in [0.4, 0.5) is 11.6 Å². The number of nitrogens with two attached hydrogens (primary N) is 1. The summed E-state index contributed by atoms with van der Waals surface area (Å²) in [5, 5.41) is 10.2. The highest BCUT2D eigenvalue weighted by Gasteiger charge is 2.33. The van der Waals surface area contributed by atoms with Crippen molar-refractivity contribution in [3.05, 3.63) is 11.3 Å². The van der Waals surface area contributed by atoms with Gasteiger partial charge in [-0.1, -0.05) is 11.6 Å². The first-order valence-corrected chi connectivity index (χ1v) is 5.11. The monoisotopic (exact) mass is 228 g/mol. The number of anilines is 2. The molecule has 1 aliphatic heterocycles. The molecule has 1 atom stereocenters. The van der Waals surface area contributed by atoms with Gasteiger partial charge in [-0.3, -0.25) is 0 Å². The van der Waals surface area contributed by atoms with Crippen LogP contribution in [0.2, 0.25) is 5.02 Å². The van der Waals surface area contributed by atoms with Gasteiger partial charge in [0.05, 0.1) is 5.60 Å². The van der Waals surface area contributed by atoms with Gasteiger partial charge in [0, 0.05) is 13.1 Å². The summed E-state index contributed by atoms with van der Waals surface area (Å²) in [6, 6.07) is 0. The van der Waals surface area contributed by atoms with Crippen LogP contribution in [0, 0.1) is 0 Å². The van der Waals surface area contributed by atoms with Gasteiger partial charge in [0.1, 0.15) is 17.2 Å². The average molecular weight is 229 g/mol. The average Bonchev–Trinajstić information content (AvgIpc) is 2.51. The maximum atomic E-state index is 9.83. The van der Waals surface area contributed by atoms with Crippen molar-refractivity contribution in [2.24, 2.45) is 0 Å². The number of aromatic nitrogens is 2. The van der Waals surface area contributed by atoms with Crippen LogP contribution >= 0.6 is 11.6 Å². The summed E-state index contributed by atoms with van der Waals surface area (Å²) in [6.45, 7) is 3.04. The Balaban J connectivity index is 2.28. The lowest BCUT2D eigenvalue weighted by molar-refractivity contribution is 0.0839. The summed E-state index contributed by atoms with van der Waals surface area (Å²) in [4.78, 5) is 9.79. The number of rotatable bonds is 1. The zero-order valence-electron chi connectivity index (χ0n) is 8.44. The van der Waals surface area contributed by atoms with Gasteiger partial charge in [-0.15, -0.1) is 0 Å². The fourth-order valence-electron chi connectivity index (χ4n) is 1.72. The van der Waals surface area contributed by atoms with Gasteiger partial charge in [-0.2, -0.15) is 0 Å². The molecule has 1 fully saturated rings. The molecule has 0 aromatic carbocycles. The summed E-state index contributed by atoms with van der Waals surface area (Å²) in [5.74, 6) is 0.871. The van der Waals surface area contributed by atoms with Crippen molar-refractivity contribution in [1.29, 1.82) is 0 Å². The van der Waals surface area contributed by atoms with E-state index in [1.54, 1.807) is 6.92 Å². The fraction of sp³-hybridized carbons (Fsp3) is 0.556. The molecule has 1 aromatic heterocycles. The molecule has 6 heteroatoms. The predicted molar refractivity (Wildman–Crippen MR) is 58.9 cm³/mol. The van der Waals surface area contributed by atoms with Crippen molar-refractivity contribution in [1.82, 2.24) is 9.97 Å². The minimum Gasteiger partial charge on any atom is -0.388 e. The van der Waals surface area contributed by atoms with Crippen molar-refractivity contribution >= 4 is 23.2 Å². The lowest BCUT2D eigenvalue weighted by Crippen LogP contribution is -2.30. The zero-order valence-corrected chi connectivity index (χ0v) is 9.20. The van der Waals surface area contributed by atoms with E-state index >= 15 is 0 Å². The number of aliphatic hydroxyl groups is 1. The van der Waals surface area contributed by atoms with E-state index in [1.807, 2.05) is 4.90 Å². The van der Waals surface area contributed by atoms with Gasteiger partial charge in [0.15, 0.2) is 5.82 Å². The predicted octanol–water partition coefficient (Wildman–Crippen LogP) is 0.673. The molecule has 0 saturated carbocycles. The standard InChI is InChI=1S/C9H13ClN4O/c1-9(15)2-3-14(4-9)8-6(10)7(11)12-5-13-8/h5,15H,2-4H2,1H3,(H2,11,12,13). The second-order valence-corrected chi connectivity index (χ2v) is 4.44. The molecule has 1 aromatic rings. The summed E-state index contributed by atoms with van der Waals surface area (Å²) in [7, 11) is 0. The summed E-state index contributed by atoms with van der Waals surface area (Å²) in [5.41, 5.74) is 4.91. The lowest BCUT2D eigenvalue weighted by atomic mass is 10.1. The van der Waals surface area contributed by atoms with E-state index in [0.717, 1.165) is 6.54 Å².